The fraction of sp³-hybridized carbons (Fsp3) is 0.393. The molecule has 1 N–H and O–H groups in total. The number of nitrogens with zero attached hydrogens (tertiary/aromatic N) is 2. The topological polar surface area (TPSA) is 107 Å². The van der Waals surface area contributed by atoms with Crippen molar-refractivity contribution in [3.63, 3.8) is 0 Å². The maximum Gasteiger partial charge on any atom is 0.281 e. The Morgan fingerprint density at radius 3 is 2.45 bits per heavy atom. The zero-order valence-electron chi connectivity index (χ0n) is 22.5. The maximum absolute atomic E-state index is 14.4. The van der Waals surface area contributed by atoms with Gasteiger partial charge in [0.25, 0.3) is 15.9 Å². The number of benzene rings is 1. The van der Waals surface area contributed by atoms with Crippen molar-refractivity contribution in [3.8, 4) is 22.9 Å². The molecule has 0 aliphatic carbocycles. The van der Waals surface area contributed by atoms with Gasteiger partial charge in [-0.2, -0.15) is 8.42 Å². The van der Waals surface area contributed by atoms with E-state index in [4.69, 9.17) is 9.47 Å². The van der Waals surface area contributed by atoms with E-state index in [2.05, 4.69) is 9.97 Å². The standard InChI is InChI=1S/C28H34FN3O5S/c1-7-18(4)20(6)37-28-24(27(33)32-38(34,35)26-10-8-9-19(5)30-26)11-12-25(31-28)21-13-22(29)15-23(14-21)36-16-17(2)3/h8-15,17-18,20H,7,16H2,1-6H3,(H,32,33). The lowest BCUT2D eigenvalue weighted by Gasteiger charge is -2.21. The lowest BCUT2D eigenvalue weighted by atomic mass is 10.0. The molecule has 2 heterocycles. The number of ether oxygens (including phenoxy) is 2. The van der Waals surface area contributed by atoms with E-state index in [0.29, 0.717) is 29.3 Å². The molecule has 8 nitrogen and oxygen atoms in total. The summed E-state index contributed by atoms with van der Waals surface area (Å²) in [5, 5.41) is -0.278. The fourth-order valence-electron chi connectivity index (χ4n) is 3.44. The number of carbonyl (C=O) groups excluding carboxylic acids is 1. The van der Waals surface area contributed by atoms with Gasteiger partial charge in [-0.3, -0.25) is 4.79 Å². The average Bonchev–Trinajstić information content (AvgIpc) is 2.86. The Kier molecular flexibility index (Phi) is 9.43. The van der Waals surface area contributed by atoms with Crippen LogP contribution in [0, 0.1) is 24.6 Å². The molecule has 3 aromatic rings. The first-order valence-corrected chi connectivity index (χ1v) is 14.0. The normalized spacial score (nSPS) is 13.2. The lowest BCUT2D eigenvalue weighted by molar-refractivity contribution is 0.0966. The van der Waals surface area contributed by atoms with E-state index in [-0.39, 0.29) is 34.4 Å². The fourth-order valence-corrected chi connectivity index (χ4v) is 4.42. The van der Waals surface area contributed by atoms with Crippen LogP contribution in [0.3, 0.4) is 0 Å². The summed E-state index contributed by atoms with van der Waals surface area (Å²) >= 11 is 0. The molecule has 38 heavy (non-hydrogen) atoms. The van der Waals surface area contributed by atoms with E-state index >= 15 is 0 Å². The van der Waals surface area contributed by atoms with Crippen LogP contribution >= 0.6 is 0 Å². The molecule has 204 valence electrons. The summed E-state index contributed by atoms with van der Waals surface area (Å²) < 4.78 is 53.8. The van der Waals surface area contributed by atoms with Crippen molar-refractivity contribution in [1.29, 1.82) is 0 Å². The Labute approximate surface area is 223 Å². The number of sulfonamides is 1. The molecule has 0 aliphatic rings. The van der Waals surface area contributed by atoms with E-state index in [9.17, 15) is 17.6 Å². The minimum atomic E-state index is -4.24. The van der Waals surface area contributed by atoms with Crippen molar-refractivity contribution < 1.29 is 27.1 Å². The number of aromatic nitrogens is 2. The summed E-state index contributed by atoms with van der Waals surface area (Å²) in [4.78, 5) is 21.6. The third-order valence-corrected chi connectivity index (χ3v) is 7.20. The first kappa shape index (κ1) is 29.0. The van der Waals surface area contributed by atoms with Crippen molar-refractivity contribution in [2.24, 2.45) is 11.8 Å². The van der Waals surface area contributed by atoms with Crippen molar-refractivity contribution in [3.05, 3.63) is 65.6 Å². The van der Waals surface area contributed by atoms with Crippen molar-refractivity contribution in [2.45, 2.75) is 59.1 Å². The quantitative estimate of drug-likeness (QED) is 0.337. The van der Waals surface area contributed by atoms with Gasteiger partial charge in [0.1, 0.15) is 23.2 Å². The molecule has 0 aliphatic heterocycles. The number of hydrogen-bond donors (Lipinski definition) is 1. The number of amides is 1. The van der Waals surface area contributed by atoms with Crippen LogP contribution in [-0.4, -0.2) is 37.0 Å². The largest absolute Gasteiger partial charge is 0.493 e. The number of halogens is 1. The summed E-state index contributed by atoms with van der Waals surface area (Å²) in [7, 11) is -4.24. The summed E-state index contributed by atoms with van der Waals surface area (Å²) in [6.07, 6.45) is 0.484. The third-order valence-electron chi connectivity index (χ3n) is 5.96. The summed E-state index contributed by atoms with van der Waals surface area (Å²) in [6.45, 7) is 11.9. The maximum atomic E-state index is 14.4. The molecule has 0 fully saturated rings. The van der Waals surface area contributed by atoms with Crippen molar-refractivity contribution in [1.82, 2.24) is 14.7 Å². The van der Waals surface area contributed by atoms with Gasteiger partial charge >= 0.3 is 0 Å². The first-order chi connectivity index (χ1) is 17.9. The van der Waals surface area contributed by atoms with Crippen LogP contribution in [0.15, 0.2) is 53.6 Å². The van der Waals surface area contributed by atoms with Gasteiger partial charge in [0.05, 0.1) is 12.3 Å². The molecular formula is C28H34FN3O5S. The molecule has 0 radical (unpaired) electrons. The van der Waals surface area contributed by atoms with Gasteiger partial charge in [0, 0.05) is 17.3 Å². The molecule has 3 rings (SSSR count). The van der Waals surface area contributed by atoms with Gasteiger partial charge < -0.3 is 9.47 Å². The number of nitrogens with one attached hydrogen (secondary N) is 1. The van der Waals surface area contributed by atoms with Crippen LogP contribution in [0.25, 0.3) is 11.3 Å². The van der Waals surface area contributed by atoms with Gasteiger partial charge in [-0.05, 0) is 62.1 Å². The Morgan fingerprint density at radius 1 is 1.05 bits per heavy atom. The highest BCUT2D eigenvalue weighted by Gasteiger charge is 2.25. The van der Waals surface area contributed by atoms with E-state index < -0.39 is 21.7 Å². The Balaban J connectivity index is 2.00. The SMILES string of the molecule is CCC(C)C(C)Oc1nc(-c2cc(F)cc(OCC(C)C)c2)ccc1C(=O)NS(=O)(=O)c1cccc(C)n1. The molecule has 0 saturated heterocycles. The second kappa shape index (κ2) is 12.3. The summed E-state index contributed by atoms with van der Waals surface area (Å²) in [5.41, 5.74) is 1.18. The molecule has 0 bridgehead atoms. The number of aryl methyl sites for hydroxylation is 1. The molecule has 1 aromatic carbocycles. The van der Waals surface area contributed by atoms with E-state index in [1.807, 2.05) is 39.3 Å². The average molecular weight is 544 g/mol. The molecule has 2 atom stereocenters. The monoisotopic (exact) mass is 543 g/mol. The smallest absolute Gasteiger partial charge is 0.281 e. The Hall–Kier alpha value is -3.53. The van der Waals surface area contributed by atoms with Crippen LogP contribution in [-0.2, 0) is 10.0 Å². The number of hydrogen-bond acceptors (Lipinski definition) is 7. The molecule has 0 saturated carbocycles. The van der Waals surface area contributed by atoms with Crippen LogP contribution in [0.1, 0.15) is 57.1 Å². The zero-order chi connectivity index (χ0) is 28.0. The van der Waals surface area contributed by atoms with Crippen molar-refractivity contribution >= 4 is 15.9 Å². The molecular weight excluding hydrogens is 509 g/mol. The van der Waals surface area contributed by atoms with Crippen LogP contribution < -0.4 is 14.2 Å². The lowest BCUT2D eigenvalue weighted by Crippen LogP contribution is -2.32. The summed E-state index contributed by atoms with van der Waals surface area (Å²) in [5.74, 6) is -0.748. The first-order valence-electron chi connectivity index (χ1n) is 12.5. The van der Waals surface area contributed by atoms with Gasteiger partial charge in [0.15, 0.2) is 5.03 Å². The highest BCUT2D eigenvalue weighted by Crippen LogP contribution is 2.29. The second-order valence-electron chi connectivity index (χ2n) is 9.69. The summed E-state index contributed by atoms with van der Waals surface area (Å²) in [6, 6.07) is 11.7. The molecule has 2 unspecified atom stereocenters. The minimum absolute atomic E-state index is 0.0610. The van der Waals surface area contributed by atoms with Gasteiger partial charge in [-0.25, -0.2) is 19.1 Å². The van der Waals surface area contributed by atoms with Crippen LogP contribution in [0.5, 0.6) is 11.6 Å². The third kappa shape index (κ3) is 7.50. The predicted molar refractivity (Wildman–Crippen MR) is 143 cm³/mol. The van der Waals surface area contributed by atoms with E-state index in [0.717, 1.165) is 6.42 Å². The van der Waals surface area contributed by atoms with Gasteiger partial charge in [0.2, 0.25) is 5.88 Å². The zero-order valence-corrected chi connectivity index (χ0v) is 23.3. The van der Waals surface area contributed by atoms with Crippen LogP contribution in [0.2, 0.25) is 0 Å². The molecule has 1 amide bonds. The Morgan fingerprint density at radius 2 is 1.79 bits per heavy atom. The van der Waals surface area contributed by atoms with Crippen molar-refractivity contribution in [2.75, 3.05) is 6.61 Å². The Bertz CT molecular complexity index is 1390. The van der Waals surface area contributed by atoms with Gasteiger partial charge in [-0.1, -0.05) is 40.2 Å². The van der Waals surface area contributed by atoms with Crippen LogP contribution in [0.4, 0.5) is 4.39 Å². The molecule has 10 heteroatoms. The highest BCUT2D eigenvalue weighted by molar-refractivity contribution is 7.90. The van der Waals surface area contributed by atoms with E-state index in [1.165, 1.54) is 36.4 Å². The van der Waals surface area contributed by atoms with E-state index in [1.54, 1.807) is 19.1 Å². The van der Waals surface area contributed by atoms with Gasteiger partial charge in [-0.15, -0.1) is 0 Å². The predicted octanol–water partition coefficient (Wildman–Crippen LogP) is 5.56. The molecule has 0 spiro atoms. The second-order valence-corrected chi connectivity index (χ2v) is 11.3. The number of pyridine rings is 2. The number of rotatable bonds is 11. The highest BCUT2D eigenvalue weighted by atomic mass is 32.2. The minimum Gasteiger partial charge on any atom is -0.493 e. The molecule has 2 aromatic heterocycles. The number of carbonyl (C=O) groups is 1.